The van der Waals surface area contributed by atoms with Gasteiger partial charge in [-0.05, 0) is 54.3 Å². The van der Waals surface area contributed by atoms with Crippen LogP contribution in [0.25, 0.3) is 10.9 Å². The van der Waals surface area contributed by atoms with Gasteiger partial charge in [-0.25, -0.2) is 4.39 Å². The van der Waals surface area contributed by atoms with E-state index in [4.69, 9.17) is 0 Å². The minimum atomic E-state index is -0.400. The van der Waals surface area contributed by atoms with Crippen LogP contribution in [0.4, 0.5) is 4.39 Å². The van der Waals surface area contributed by atoms with E-state index < -0.39 is 5.82 Å². The number of halogens is 1. The molecule has 4 nitrogen and oxygen atoms in total. The molecule has 3 aromatic rings. The summed E-state index contributed by atoms with van der Waals surface area (Å²) in [4.78, 5) is 26.9. The largest absolute Gasteiger partial charge is 0.348 e. The summed E-state index contributed by atoms with van der Waals surface area (Å²) in [7, 11) is 0. The summed E-state index contributed by atoms with van der Waals surface area (Å²) in [5.74, 6) is -0.753. The van der Waals surface area contributed by atoms with E-state index in [1.54, 1.807) is 6.07 Å². The number of pyridine rings is 1. The standard InChI is InChI=1S/C18H15FN2O2/c1-11-2-3-13-9-14(18(23)21-16(13)8-11)10-20-17(22)12-4-6-15(19)7-5-12/h2-9H,10H2,1H3,(H,20,22)(H,21,23). The van der Waals surface area contributed by atoms with Crippen molar-refractivity contribution in [3.05, 3.63) is 81.4 Å². The van der Waals surface area contributed by atoms with Crippen LogP contribution in [0.3, 0.4) is 0 Å². The lowest BCUT2D eigenvalue weighted by atomic mass is 10.1. The Morgan fingerprint density at radius 2 is 1.87 bits per heavy atom. The summed E-state index contributed by atoms with van der Waals surface area (Å²) >= 11 is 0. The number of hydrogen-bond acceptors (Lipinski definition) is 2. The Hall–Kier alpha value is -2.95. The number of amides is 1. The second kappa shape index (κ2) is 6.04. The first-order valence-corrected chi connectivity index (χ1v) is 7.19. The Bertz CT molecular complexity index is 930. The van der Waals surface area contributed by atoms with Crippen molar-refractivity contribution in [1.29, 1.82) is 0 Å². The molecule has 0 saturated heterocycles. The molecule has 0 spiro atoms. The maximum atomic E-state index is 12.9. The van der Waals surface area contributed by atoms with Crippen LogP contribution in [0, 0.1) is 12.7 Å². The lowest BCUT2D eigenvalue weighted by Crippen LogP contribution is -2.26. The van der Waals surface area contributed by atoms with Gasteiger partial charge in [0, 0.05) is 23.2 Å². The molecule has 5 heteroatoms. The van der Waals surface area contributed by atoms with Crippen molar-refractivity contribution in [2.75, 3.05) is 0 Å². The second-order valence-corrected chi connectivity index (χ2v) is 5.40. The van der Waals surface area contributed by atoms with Gasteiger partial charge >= 0.3 is 0 Å². The van der Waals surface area contributed by atoms with Gasteiger partial charge in [0.15, 0.2) is 0 Å². The first-order valence-electron chi connectivity index (χ1n) is 7.19. The van der Waals surface area contributed by atoms with Crippen molar-refractivity contribution in [2.45, 2.75) is 13.5 Å². The van der Waals surface area contributed by atoms with E-state index in [9.17, 15) is 14.0 Å². The highest BCUT2D eigenvalue weighted by Gasteiger charge is 2.08. The quantitative estimate of drug-likeness (QED) is 0.781. The Morgan fingerprint density at radius 1 is 1.13 bits per heavy atom. The normalized spacial score (nSPS) is 10.7. The van der Waals surface area contributed by atoms with Gasteiger partial charge in [0.1, 0.15) is 5.82 Å². The van der Waals surface area contributed by atoms with E-state index in [0.717, 1.165) is 16.5 Å². The summed E-state index contributed by atoms with van der Waals surface area (Å²) in [5.41, 5.74) is 2.41. The van der Waals surface area contributed by atoms with Crippen LogP contribution in [0.15, 0.2) is 53.3 Å². The maximum absolute atomic E-state index is 12.9. The van der Waals surface area contributed by atoms with Crippen molar-refractivity contribution in [3.8, 4) is 0 Å². The first-order chi connectivity index (χ1) is 11.0. The van der Waals surface area contributed by atoms with E-state index in [2.05, 4.69) is 10.3 Å². The molecule has 0 atom stereocenters. The van der Waals surface area contributed by atoms with Crippen LogP contribution >= 0.6 is 0 Å². The second-order valence-electron chi connectivity index (χ2n) is 5.40. The molecule has 0 aliphatic heterocycles. The molecular weight excluding hydrogens is 295 g/mol. The SMILES string of the molecule is Cc1ccc2cc(CNC(=O)c3ccc(F)cc3)c(=O)[nH]c2c1. The fraction of sp³-hybridized carbons (Fsp3) is 0.111. The molecule has 1 amide bonds. The van der Waals surface area contributed by atoms with Gasteiger partial charge in [0.25, 0.3) is 11.5 Å². The van der Waals surface area contributed by atoms with Crippen LogP contribution in [-0.2, 0) is 6.54 Å². The van der Waals surface area contributed by atoms with Crippen LogP contribution in [-0.4, -0.2) is 10.9 Å². The molecule has 2 aromatic carbocycles. The smallest absolute Gasteiger partial charge is 0.253 e. The summed E-state index contributed by atoms with van der Waals surface area (Å²) < 4.78 is 12.9. The van der Waals surface area contributed by atoms with Gasteiger partial charge in [-0.2, -0.15) is 0 Å². The number of fused-ring (bicyclic) bond motifs is 1. The molecule has 2 N–H and O–H groups in total. The molecule has 116 valence electrons. The Morgan fingerprint density at radius 3 is 2.61 bits per heavy atom. The lowest BCUT2D eigenvalue weighted by Gasteiger charge is -2.07. The monoisotopic (exact) mass is 310 g/mol. The molecular formula is C18H15FN2O2. The number of aromatic nitrogens is 1. The Labute approximate surface area is 132 Å². The van der Waals surface area contributed by atoms with Crippen LogP contribution in [0.5, 0.6) is 0 Å². The summed E-state index contributed by atoms with van der Waals surface area (Å²) in [6.07, 6.45) is 0. The van der Waals surface area contributed by atoms with Crippen molar-refractivity contribution < 1.29 is 9.18 Å². The molecule has 23 heavy (non-hydrogen) atoms. The average Bonchev–Trinajstić information content (AvgIpc) is 2.53. The number of carbonyl (C=O) groups is 1. The minimum absolute atomic E-state index is 0.107. The van der Waals surface area contributed by atoms with Crippen LogP contribution in [0.1, 0.15) is 21.5 Å². The van der Waals surface area contributed by atoms with Gasteiger partial charge in [0.2, 0.25) is 0 Å². The topological polar surface area (TPSA) is 62.0 Å². The number of rotatable bonds is 3. The fourth-order valence-corrected chi connectivity index (χ4v) is 2.37. The first kappa shape index (κ1) is 15.0. The van der Waals surface area contributed by atoms with Crippen molar-refractivity contribution >= 4 is 16.8 Å². The molecule has 0 fully saturated rings. The zero-order chi connectivity index (χ0) is 16.4. The number of aromatic amines is 1. The van der Waals surface area contributed by atoms with E-state index in [-0.39, 0.29) is 18.0 Å². The van der Waals surface area contributed by atoms with Crippen LogP contribution < -0.4 is 10.9 Å². The summed E-state index contributed by atoms with van der Waals surface area (Å²) in [5, 5.41) is 3.57. The number of H-pyrrole nitrogens is 1. The van der Waals surface area contributed by atoms with Gasteiger partial charge < -0.3 is 10.3 Å². The third-order valence-electron chi connectivity index (χ3n) is 3.62. The lowest BCUT2D eigenvalue weighted by molar-refractivity contribution is 0.0951. The maximum Gasteiger partial charge on any atom is 0.253 e. The van der Waals surface area contributed by atoms with Crippen LogP contribution in [0.2, 0.25) is 0 Å². The minimum Gasteiger partial charge on any atom is -0.348 e. The number of aryl methyl sites for hydroxylation is 1. The number of carbonyl (C=O) groups excluding carboxylic acids is 1. The zero-order valence-electron chi connectivity index (χ0n) is 12.5. The van der Waals surface area contributed by atoms with Gasteiger partial charge in [0.05, 0.1) is 0 Å². The predicted molar refractivity (Wildman–Crippen MR) is 86.9 cm³/mol. The van der Waals surface area contributed by atoms with Crippen molar-refractivity contribution in [1.82, 2.24) is 10.3 Å². The fourth-order valence-electron chi connectivity index (χ4n) is 2.37. The van der Waals surface area contributed by atoms with E-state index in [1.165, 1.54) is 24.3 Å². The highest BCUT2D eigenvalue weighted by Crippen LogP contribution is 2.13. The summed E-state index contributed by atoms with van der Waals surface area (Å²) in [6.45, 7) is 2.06. The molecule has 0 aliphatic rings. The zero-order valence-corrected chi connectivity index (χ0v) is 12.5. The van der Waals surface area contributed by atoms with E-state index in [0.29, 0.717) is 11.1 Å². The molecule has 0 aliphatic carbocycles. The molecule has 0 saturated carbocycles. The number of hydrogen-bond donors (Lipinski definition) is 2. The molecule has 0 bridgehead atoms. The highest BCUT2D eigenvalue weighted by molar-refractivity contribution is 5.94. The Balaban J connectivity index is 1.80. The number of nitrogens with one attached hydrogen (secondary N) is 2. The van der Waals surface area contributed by atoms with E-state index in [1.807, 2.05) is 25.1 Å². The molecule has 0 radical (unpaired) electrons. The third-order valence-corrected chi connectivity index (χ3v) is 3.62. The molecule has 1 heterocycles. The Kier molecular flexibility index (Phi) is 3.93. The number of benzene rings is 2. The molecule has 0 unspecified atom stereocenters. The predicted octanol–water partition coefficient (Wildman–Crippen LogP) is 2.91. The summed E-state index contributed by atoms with van der Waals surface area (Å²) in [6, 6.07) is 12.8. The van der Waals surface area contributed by atoms with Gasteiger partial charge in [-0.3, -0.25) is 9.59 Å². The molecule has 3 rings (SSSR count). The van der Waals surface area contributed by atoms with E-state index >= 15 is 0 Å². The average molecular weight is 310 g/mol. The third kappa shape index (κ3) is 3.29. The molecule has 1 aromatic heterocycles. The van der Waals surface area contributed by atoms with Gasteiger partial charge in [-0.15, -0.1) is 0 Å². The van der Waals surface area contributed by atoms with Crippen molar-refractivity contribution in [3.63, 3.8) is 0 Å². The van der Waals surface area contributed by atoms with Crippen molar-refractivity contribution in [2.24, 2.45) is 0 Å². The highest BCUT2D eigenvalue weighted by atomic mass is 19.1. The van der Waals surface area contributed by atoms with Gasteiger partial charge in [-0.1, -0.05) is 12.1 Å².